The summed E-state index contributed by atoms with van der Waals surface area (Å²) in [5.41, 5.74) is 6.11. The molecule has 0 bridgehead atoms. The molecule has 34 heavy (non-hydrogen) atoms. The highest BCUT2D eigenvalue weighted by molar-refractivity contribution is 5.94. The Morgan fingerprint density at radius 3 is 2.68 bits per heavy atom. The Balaban J connectivity index is 1.44. The summed E-state index contributed by atoms with van der Waals surface area (Å²) in [5.74, 6) is 0.474. The van der Waals surface area contributed by atoms with Gasteiger partial charge in [-0.15, -0.1) is 0 Å². The molecule has 8 nitrogen and oxygen atoms in total. The van der Waals surface area contributed by atoms with E-state index in [2.05, 4.69) is 10.4 Å². The summed E-state index contributed by atoms with van der Waals surface area (Å²) in [4.78, 5) is 29.9. The summed E-state index contributed by atoms with van der Waals surface area (Å²) in [6.45, 7) is 2.39. The van der Waals surface area contributed by atoms with Crippen LogP contribution in [-0.4, -0.2) is 47.1 Å². The molecule has 1 aromatic heterocycles. The van der Waals surface area contributed by atoms with Crippen molar-refractivity contribution in [2.24, 2.45) is 0 Å². The molecule has 2 heterocycles. The molecule has 0 spiro atoms. The predicted octanol–water partition coefficient (Wildman–Crippen LogP) is 3.65. The number of carbonyl (C=O) groups excluding carboxylic acids is 2. The van der Waals surface area contributed by atoms with Crippen LogP contribution in [0.15, 0.2) is 61.1 Å². The smallest absolute Gasteiger partial charge is 0.262 e. The van der Waals surface area contributed by atoms with Crippen molar-refractivity contribution in [3.05, 3.63) is 77.9 Å². The van der Waals surface area contributed by atoms with Gasteiger partial charge in [-0.2, -0.15) is 0 Å². The third-order valence-electron chi connectivity index (χ3n) is 5.82. The molecule has 1 unspecified atom stereocenters. The lowest BCUT2D eigenvalue weighted by Crippen LogP contribution is -2.50. The van der Waals surface area contributed by atoms with E-state index in [4.69, 9.17) is 9.47 Å². The van der Waals surface area contributed by atoms with E-state index in [9.17, 15) is 9.59 Å². The molecule has 1 N–H and O–H groups in total. The number of nitrogens with one attached hydrogen (secondary N) is 1. The van der Waals surface area contributed by atoms with Crippen molar-refractivity contribution in [3.8, 4) is 17.2 Å². The number of carbonyl (C=O) groups is 2. The molecule has 2 aromatic carbocycles. The molecule has 3 aromatic rings. The van der Waals surface area contributed by atoms with Gasteiger partial charge in [-0.3, -0.25) is 20.0 Å². The van der Waals surface area contributed by atoms with Crippen LogP contribution in [0.2, 0.25) is 0 Å². The number of amides is 2. The normalized spacial score (nSPS) is 16.0. The summed E-state index contributed by atoms with van der Waals surface area (Å²) >= 11 is 0. The van der Waals surface area contributed by atoms with Gasteiger partial charge in [0.05, 0.1) is 37.8 Å². The first-order valence-electron chi connectivity index (χ1n) is 11.1. The number of hydrazine groups is 1. The van der Waals surface area contributed by atoms with Crippen LogP contribution in [0.25, 0.3) is 11.8 Å². The van der Waals surface area contributed by atoms with Crippen molar-refractivity contribution in [3.63, 3.8) is 0 Å². The molecule has 0 saturated carbocycles. The Morgan fingerprint density at radius 1 is 1.15 bits per heavy atom. The topological polar surface area (TPSA) is 85.7 Å². The first-order chi connectivity index (χ1) is 16.5. The Kier molecular flexibility index (Phi) is 6.96. The minimum atomic E-state index is -0.373. The number of benzene rings is 2. The molecule has 0 aliphatic carbocycles. The number of para-hydroxylation sites is 1. The molecule has 176 valence electrons. The van der Waals surface area contributed by atoms with Gasteiger partial charge in [0.2, 0.25) is 5.91 Å². The fourth-order valence-electron chi connectivity index (χ4n) is 4.14. The fourth-order valence-corrected chi connectivity index (χ4v) is 4.14. The Morgan fingerprint density at radius 2 is 1.94 bits per heavy atom. The number of aryl methyl sites for hydroxylation is 1. The largest absolute Gasteiger partial charge is 0.496 e. The van der Waals surface area contributed by atoms with Crippen molar-refractivity contribution < 1.29 is 19.1 Å². The summed E-state index contributed by atoms with van der Waals surface area (Å²) in [6.07, 6.45) is 8.23. The second kappa shape index (κ2) is 10.2. The molecular formula is C26H28N4O4. The van der Waals surface area contributed by atoms with Gasteiger partial charge >= 0.3 is 0 Å². The fraction of sp³-hybridized carbons (Fsp3) is 0.269. The van der Waals surface area contributed by atoms with Gasteiger partial charge in [-0.1, -0.05) is 24.3 Å². The molecule has 1 saturated heterocycles. The zero-order chi connectivity index (χ0) is 24.1. The molecule has 8 heteroatoms. The van der Waals surface area contributed by atoms with Crippen LogP contribution in [0.5, 0.6) is 11.5 Å². The van der Waals surface area contributed by atoms with E-state index in [1.54, 1.807) is 26.6 Å². The highest BCUT2D eigenvalue weighted by Crippen LogP contribution is 2.33. The van der Waals surface area contributed by atoms with Crippen molar-refractivity contribution in [2.75, 3.05) is 20.8 Å². The molecular weight excluding hydrogens is 432 g/mol. The number of nitrogens with zero attached hydrogens (tertiary/aromatic N) is 3. The number of hydrogen-bond donors (Lipinski definition) is 1. The van der Waals surface area contributed by atoms with Gasteiger partial charge in [0.1, 0.15) is 11.5 Å². The third-order valence-corrected chi connectivity index (χ3v) is 5.82. The predicted molar refractivity (Wildman–Crippen MR) is 129 cm³/mol. The molecule has 1 fully saturated rings. The molecule has 2 amide bonds. The highest BCUT2D eigenvalue weighted by atomic mass is 16.5. The van der Waals surface area contributed by atoms with E-state index in [0.717, 1.165) is 28.9 Å². The summed E-state index contributed by atoms with van der Waals surface area (Å²) in [5, 5.41) is 1.40. The zero-order valence-corrected chi connectivity index (χ0v) is 19.5. The van der Waals surface area contributed by atoms with Crippen molar-refractivity contribution in [1.82, 2.24) is 20.0 Å². The standard InChI is InChI=1S/C26H28N4O4/c1-18-16-29(17-27-18)22-12-10-19(15-24(22)34-3)11-13-25(31)28-30-14-6-8-21(26(30)32)20-7-4-5-9-23(20)33-2/h4-5,7,9-13,15-17,21H,6,8,14H2,1-3H3,(H,28,31)/b13-11+. The Labute approximate surface area is 198 Å². The molecule has 1 atom stereocenters. The van der Waals surface area contributed by atoms with Gasteiger partial charge in [-0.05, 0) is 49.6 Å². The first kappa shape index (κ1) is 23.1. The number of aromatic nitrogens is 2. The lowest BCUT2D eigenvalue weighted by molar-refractivity contribution is -0.143. The number of hydrogen-bond acceptors (Lipinski definition) is 5. The monoisotopic (exact) mass is 460 g/mol. The number of ether oxygens (including phenoxy) is 2. The summed E-state index contributed by atoms with van der Waals surface area (Å²) in [6, 6.07) is 13.1. The first-order valence-corrected chi connectivity index (χ1v) is 11.1. The van der Waals surface area contributed by atoms with Crippen LogP contribution in [0, 0.1) is 6.92 Å². The quantitative estimate of drug-likeness (QED) is 0.544. The van der Waals surface area contributed by atoms with E-state index in [1.807, 2.05) is 60.2 Å². The van der Waals surface area contributed by atoms with Crippen LogP contribution in [0.4, 0.5) is 0 Å². The van der Waals surface area contributed by atoms with E-state index in [0.29, 0.717) is 24.5 Å². The Hall–Kier alpha value is -4.07. The van der Waals surface area contributed by atoms with Gasteiger partial charge in [-0.25, -0.2) is 4.98 Å². The lowest BCUT2D eigenvalue weighted by Gasteiger charge is -2.32. The van der Waals surface area contributed by atoms with Crippen molar-refractivity contribution >= 4 is 17.9 Å². The van der Waals surface area contributed by atoms with Gasteiger partial charge in [0, 0.05) is 24.4 Å². The molecule has 1 aliphatic rings. The maximum absolute atomic E-state index is 13.1. The van der Waals surface area contributed by atoms with E-state index in [1.165, 1.54) is 11.1 Å². The van der Waals surface area contributed by atoms with Gasteiger partial charge < -0.3 is 14.0 Å². The van der Waals surface area contributed by atoms with E-state index < -0.39 is 0 Å². The summed E-state index contributed by atoms with van der Waals surface area (Å²) in [7, 11) is 3.19. The van der Waals surface area contributed by atoms with Gasteiger partial charge in [0.15, 0.2) is 0 Å². The average molecular weight is 461 g/mol. The van der Waals surface area contributed by atoms with Crippen LogP contribution in [0.3, 0.4) is 0 Å². The van der Waals surface area contributed by atoms with E-state index in [-0.39, 0.29) is 17.7 Å². The Bertz CT molecular complexity index is 1220. The number of methoxy groups -OCH3 is 2. The van der Waals surface area contributed by atoms with Crippen LogP contribution in [0.1, 0.15) is 35.6 Å². The highest BCUT2D eigenvalue weighted by Gasteiger charge is 2.32. The second-order valence-electron chi connectivity index (χ2n) is 8.09. The number of piperidine rings is 1. The minimum absolute atomic E-state index is 0.140. The summed E-state index contributed by atoms with van der Waals surface area (Å²) < 4.78 is 12.8. The van der Waals surface area contributed by atoms with Crippen LogP contribution >= 0.6 is 0 Å². The minimum Gasteiger partial charge on any atom is -0.496 e. The van der Waals surface area contributed by atoms with Gasteiger partial charge in [0.25, 0.3) is 5.91 Å². The molecule has 4 rings (SSSR count). The lowest BCUT2D eigenvalue weighted by atomic mass is 9.90. The SMILES string of the molecule is COc1ccccc1C1CCCN(NC(=O)/C=C/c2ccc(-n3cnc(C)c3)c(OC)c2)C1=O. The van der Waals surface area contributed by atoms with Crippen molar-refractivity contribution in [1.29, 1.82) is 0 Å². The zero-order valence-electron chi connectivity index (χ0n) is 19.5. The maximum Gasteiger partial charge on any atom is 0.262 e. The average Bonchev–Trinajstić information content (AvgIpc) is 3.29. The van der Waals surface area contributed by atoms with E-state index >= 15 is 0 Å². The maximum atomic E-state index is 13.1. The number of imidazole rings is 1. The van der Waals surface area contributed by atoms with Crippen LogP contribution in [-0.2, 0) is 9.59 Å². The molecule has 1 aliphatic heterocycles. The number of rotatable bonds is 7. The van der Waals surface area contributed by atoms with Crippen LogP contribution < -0.4 is 14.9 Å². The molecule has 0 radical (unpaired) electrons. The van der Waals surface area contributed by atoms with Crippen molar-refractivity contribution in [2.45, 2.75) is 25.7 Å². The third kappa shape index (κ3) is 4.96. The second-order valence-corrected chi connectivity index (χ2v) is 8.09.